The van der Waals surface area contributed by atoms with Crippen LogP contribution in [0.2, 0.25) is 0 Å². The number of hydrogen-bond acceptors (Lipinski definition) is 1. The first-order chi connectivity index (χ1) is 5.60. The molecule has 74 valence electrons. The van der Waals surface area contributed by atoms with Gasteiger partial charge in [-0.2, -0.15) is 0 Å². The quantitative estimate of drug-likeness (QED) is 0.667. The van der Waals surface area contributed by atoms with Crippen LogP contribution < -0.4 is 0 Å². The Morgan fingerprint density at radius 3 is 2.08 bits per heavy atom. The molecule has 0 aromatic heterocycles. The minimum Gasteiger partial charge on any atom is -0.260 e. The second-order valence-corrected chi connectivity index (χ2v) is 5.48. The van der Waals surface area contributed by atoms with Crippen molar-refractivity contribution in [3.05, 3.63) is 0 Å². The predicted molar refractivity (Wildman–Crippen MR) is 60.4 cm³/mol. The third kappa shape index (κ3) is 4.04. The molecule has 0 rings (SSSR count). The van der Waals surface area contributed by atoms with Crippen molar-refractivity contribution in [2.75, 3.05) is 17.3 Å². The molecule has 0 heterocycles. The van der Waals surface area contributed by atoms with Crippen LogP contribution in [0.3, 0.4) is 0 Å². The molecule has 0 aliphatic rings. The van der Waals surface area contributed by atoms with Gasteiger partial charge in [0.15, 0.2) is 0 Å². The van der Waals surface area contributed by atoms with Crippen LogP contribution in [0.1, 0.15) is 33.1 Å². The zero-order chi connectivity index (χ0) is 9.61. The van der Waals surface area contributed by atoms with Crippen LogP contribution in [0, 0.1) is 5.41 Å². The van der Waals surface area contributed by atoms with Crippen molar-refractivity contribution in [1.82, 2.24) is 0 Å². The summed E-state index contributed by atoms with van der Waals surface area (Å²) < 4.78 is 10.9. The Morgan fingerprint density at radius 2 is 1.83 bits per heavy atom. The standard InChI is InChI=1S/C9H19BrOS/c1-4-9(5-2,8-10)6-7-12(3)11/h4-8H2,1-3H3. The van der Waals surface area contributed by atoms with Gasteiger partial charge in [0.2, 0.25) is 0 Å². The lowest BCUT2D eigenvalue weighted by Gasteiger charge is -2.28. The van der Waals surface area contributed by atoms with E-state index in [2.05, 4.69) is 29.8 Å². The van der Waals surface area contributed by atoms with E-state index >= 15 is 0 Å². The first kappa shape index (κ1) is 12.6. The highest BCUT2D eigenvalue weighted by atomic mass is 79.9. The number of hydrogen-bond donors (Lipinski definition) is 0. The molecule has 1 unspecified atom stereocenters. The molecule has 0 saturated heterocycles. The third-order valence-electron chi connectivity index (χ3n) is 2.70. The second kappa shape index (κ2) is 6.14. The van der Waals surface area contributed by atoms with Gasteiger partial charge in [-0.05, 0) is 24.7 Å². The Hall–Kier alpha value is 0.630. The first-order valence-electron chi connectivity index (χ1n) is 4.46. The van der Waals surface area contributed by atoms with Crippen molar-refractivity contribution in [3.63, 3.8) is 0 Å². The van der Waals surface area contributed by atoms with Crippen LogP contribution in [0.4, 0.5) is 0 Å². The zero-order valence-electron chi connectivity index (χ0n) is 8.23. The molecule has 0 saturated carbocycles. The summed E-state index contributed by atoms with van der Waals surface area (Å²) in [4.78, 5) is 0. The van der Waals surface area contributed by atoms with E-state index in [0.29, 0.717) is 5.41 Å². The molecule has 0 aromatic rings. The van der Waals surface area contributed by atoms with Crippen LogP contribution in [0.15, 0.2) is 0 Å². The average molecular weight is 255 g/mol. The molecule has 12 heavy (non-hydrogen) atoms. The summed E-state index contributed by atoms with van der Waals surface area (Å²) in [5, 5.41) is 1.03. The van der Waals surface area contributed by atoms with Crippen molar-refractivity contribution in [1.29, 1.82) is 0 Å². The third-order valence-corrected chi connectivity index (χ3v) is 4.67. The Labute approximate surface area is 86.9 Å². The molecule has 0 aliphatic carbocycles. The fourth-order valence-electron chi connectivity index (χ4n) is 1.22. The molecule has 0 N–H and O–H groups in total. The Balaban J connectivity index is 4.01. The fourth-order valence-corrected chi connectivity index (χ4v) is 3.01. The van der Waals surface area contributed by atoms with Gasteiger partial charge >= 0.3 is 0 Å². The van der Waals surface area contributed by atoms with Crippen molar-refractivity contribution < 1.29 is 4.21 Å². The molecule has 0 aliphatic heterocycles. The van der Waals surface area contributed by atoms with E-state index < -0.39 is 10.8 Å². The molecular formula is C9H19BrOS. The maximum Gasteiger partial charge on any atom is 0.0237 e. The van der Waals surface area contributed by atoms with Gasteiger partial charge in [0, 0.05) is 28.1 Å². The molecule has 0 spiro atoms. The summed E-state index contributed by atoms with van der Waals surface area (Å²) in [6.07, 6.45) is 5.20. The fraction of sp³-hybridized carbons (Fsp3) is 1.00. The molecule has 0 amide bonds. The normalized spacial score (nSPS) is 14.7. The highest BCUT2D eigenvalue weighted by molar-refractivity contribution is 9.09. The Morgan fingerprint density at radius 1 is 1.33 bits per heavy atom. The molecular weight excluding hydrogens is 236 g/mol. The minimum absolute atomic E-state index is 0.381. The van der Waals surface area contributed by atoms with Crippen LogP contribution in [-0.2, 0) is 10.8 Å². The monoisotopic (exact) mass is 254 g/mol. The van der Waals surface area contributed by atoms with Crippen LogP contribution in [0.25, 0.3) is 0 Å². The van der Waals surface area contributed by atoms with Crippen LogP contribution in [-0.4, -0.2) is 21.5 Å². The van der Waals surface area contributed by atoms with Gasteiger partial charge in [0.05, 0.1) is 0 Å². The number of halogens is 1. The maximum atomic E-state index is 10.9. The number of rotatable bonds is 6. The van der Waals surface area contributed by atoms with Crippen LogP contribution >= 0.6 is 15.9 Å². The lowest BCUT2D eigenvalue weighted by molar-refractivity contribution is 0.299. The average Bonchev–Trinajstić information content (AvgIpc) is 2.08. The molecule has 1 atom stereocenters. The van der Waals surface area contributed by atoms with Gasteiger partial charge in [0.1, 0.15) is 0 Å². The molecule has 1 nitrogen and oxygen atoms in total. The van der Waals surface area contributed by atoms with E-state index in [-0.39, 0.29) is 0 Å². The van der Waals surface area contributed by atoms with Crippen molar-refractivity contribution in [2.24, 2.45) is 5.41 Å². The second-order valence-electron chi connectivity index (χ2n) is 3.37. The lowest BCUT2D eigenvalue weighted by atomic mass is 9.82. The Kier molecular flexibility index (Phi) is 6.46. The molecule has 0 fully saturated rings. The lowest BCUT2D eigenvalue weighted by Crippen LogP contribution is -2.23. The van der Waals surface area contributed by atoms with E-state index in [4.69, 9.17) is 0 Å². The molecule has 0 bridgehead atoms. The highest BCUT2D eigenvalue weighted by Crippen LogP contribution is 2.32. The van der Waals surface area contributed by atoms with Crippen molar-refractivity contribution in [2.45, 2.75) is 33.1 Å². The minimum atomic E-state index is -0.638. The van der Waals surface area contributed by atoms with E-state index in [9.17, 15) is 4.21 Å². The SMILES string of the molecule is CCC(CC)(CBr)CCS(C)=O. The van der Waals surface area contributed by atoms with E-state index in [1.165, 1.54) is 12.8 Å². The van der Waals surface area contributed by atoms with Gasteiger partial charge in [-0.25, -0.2) is 0 Å². The van der Waals surface area contributed by atoms with Gasteiger partial charge in [-0.15, -0.1) is 0 Å². The number of alkyl halides is 1. The van der Waals surface area contributed by atoms with E-state index in [0.717, 1.165) is 17.5 Å². The topological polar surface area (TPSA) is 17.1 Å². The van der Waals surface area contributed by atoms with Gasteiger partial charge in [-0.1, -0.05) is 29.8 Å². The van der Waals surface area contributed by atoms with E-state index in [1.54, 1.807) is 6.26 Å². The zero-order valence-corrected chi connectivity index (χ0v) is 10.6. The first-order valence-corrected chi connectivity index (χ1v) is 7.31. The Bertz CT molecular complexity index is 135. The van der Waals surface area contributed by atoms with Crippen molar-refractivity contribution in [3.8, 4) is 0 Å². The van der Waals surface area contributed by atoms with Gasteiger partial charge in [0.25, 0.3) is 0 Å². The van der Waals surface area contributed by atoms with Gasteiger partial charge < -0.3 is 0 Å². The van der Waals surface area contributed by atoms with E-state index in [1.807, 2.05) is 0 Å². The molecule has 0 aromatic carbocycles. The summed E-state index contributed by atoms with van der Waals surface area (Å²) >= 11 is 3.54. The van der Waals surface area contributed by atoms with Gasteiger partial charge in [-0.3, -0.25) is 4.21 Å². The predicted octanol–water partition coefficient (Wildman–Crippen LogP) is 2.96. The maximum absolute atomic E-state index is 10.9. The smallest absolute Gasteiger partial charge is 0.0237 e. The summed E-state index contributed by atoms with van der Waals surface area (Å²) in [7, 11) is -0.638. The summed E-state index contributed by atoms with van der Waals surface area (Å²) in [6.45, 7) is 4.42. The summed E-state index contributed by atoms with van der Waals surface area (Å²) in [6, 6.07) is 0. The highest BCUT2D eigenvalue weighted by Gasteiger charge is 2.24. The van der Waals surface area contributed by atoms with Crippen LogP contribution in [0.5, 0.6) is 0 Å². The molecule has 0 radical (unpaired) electrons. The summed E-state index contributed by atoms with van der Waals surface area (Å²) in [5.74, 6) is 0.841. The summed E-state index contributed by atoms with van der Waals surface area (Å²) in [5.41, 5.74) is 0.381. The largest absolute Gasteiger partial charge is 0.260 e. The molecule has 3 heteroatoms. The van der Waals surface area contributed by atoms with Crippen molar-refractivity contribution >= 4 is 26.7 Å².